The van der Waals surface area contributed by atoms with Crippen molar-refractivity contribution in [3.05, 3.63) is 0 Å². The summed E-state index contributed by atoms with van der Waals surface area (Å²) in [6.45, 7) is -1.76. The molecule has 4 atom stereocenters. The summed E-state index contributed by atoms with van der Waals surface area (Å²) >= 11 is 0. The zero-order chi connectivity index (χ0) is 20.2. The Labute approximate surface area is 145 Å². The smallest absolute Gasteiger partial charge is 0.394 e. The molecule has 1 amide bonds. The lowest BCUT2D eigenvalue weighted by atomic mass is 9.94. The Kier molecular flexibility index (Phi) is 7.14. The molecule has 6 N–H and O–H groups in total. The molecule has 0 saturated carbocycles. The number of amides is 1. The third-order valence-electron chi connectivity index (χ3n) is 3.66. The van der Waals surface area contributed by atoms with Gasteiger partial charge in [0, 0.05) is 13.6 Å². The van der Waals surface area contributed by atoms with Crippen LogP contribution in [-0.4, -0.2) is 105 Å². The standard InChI is InChI=1S/C12H19F3N4O7/c1-18(11(16)17-26-10(25)12(13,14)15)3-7(22)19-2-6(21)9(24)8(23)5(19)4-20/h5-6,8-9,20-21,23-24H,2-4H2,1H3,(H2,16,17)/t5-,6+,8-,9-/m1/s1. The van der Waals surface area contributed by atoms with Crippen LogP contribution < -0.4 is 5.48 Å². The molecule has 0 aromatic rings. The van der Waals surface area contributed by atoms with Crippen molar-refractivity contribution in [2.24, 2.45) is 0 Å². The topological polar surface area (TPSA) is 167 Å². The van der Waals surface area contributed by atoms with Gasteiger partial charge in [0.2, 0.25) is 11.9 Å². The van der Waals surface area contributed by atoms with E-state index in [9.17, 15) is 43.2 Å². The van der Waals surface area contributed by atoms with Crippen LogP contribution in [0.15, 0.2) is 0 Å². The summed E-state index contributed by atoms with van der Waals surface area (Å²) in [7, 11) is 1.12. The molecule has 1 aliphatic heterocycles. The second kappa shape index (κ2) is 8.48. The first-order valence-electron chi connectivity index (χ1n) is 7.18. The number of halogens is 3. The van der Waals surface area contributed by atoms with Gasteiger partial charge in [-0.15, -0.1) is 0 Å². The number of hydroxylamine groups is 1. The molecule has 0 bridgehead atoms. The number of alkyl halides is 3. The first-order valence-corrected chi connectivity index (χ1v) is 7.18. The largest absolute Gasteiger partial charge is 0.493 e. The summed E-state index contributed by atoms with van der Waals surface area (Å²) < 4.78 is 36.0. The Morgan fingerprint density at radius 3 is 2.38 bits per heavy atom. The van der Waals surface area contributed by atoms with Crippen LogP contribution in [0.3, 0.4) is 0 Å². The molecule has 1 fully saturated rings. The van der Waals surface area contributed by atoms with Gasteiger partial charge in [0.15, 0.2) is 0 Å². The Morgan fingerprint density at radius 1 is 1.31 bits per heavy atom. The molecule has 0 aromatic carbocycles. The van der Waals surface area contributed by atoms with E-state index in [1.54, 1.807) is 0 Å². The minimum absolute atomic E-state index is 0.417. The lowest BCUT2D eigenvalue weighted by Gasteiger charge is -2.43. The third-order valence-corrected chi connectivity index (χ3v) is 3.66. The molecule has 0 aliphatic carbocycles. The molecule has 0 unspecified atom stereocenters. The van der Waals surface area contributed by atoms with Gasteiger partial charge in [0.25, 0.3) is 0 Å². The van der Waals surface area contributed by atoms with E-state index in [2.05, 4.69) is 4.84 Å². The van der Waals surface area contributed by atoms with Crippen LogP contribution in [0.1, 0.15) is 0 Å². The first-order chi connectivity index (χ1) is 11.9. The van der Waals surface area contributed by atoms with Crippen molar-refractivity contribution < 1.29 is 48.0 Å². The molecular formula is C12H19F3N4O7. The second-order valence-electron chi connectivity index (χ2n) is 5.54. The van der Waals surface area contributed by atoms with Gasteiger partial charge >= 0.3 is 12.1 Å². The normalized spacial score (nSPS) is 26.2. The Bertz CT molecular complexity index is 547. The van der Waals surface area contributed by atoms with Crippen molar-refractivity contribution in [2.75, 3.05) is 26.7 Å². The molecule has 1 saturated heterocycles. The van der Waals surface area contributed by atoms with Crippen LogP contribution >= 0.6 is 0 Å². The fourth-order valence-electron chi connectivity index (χ4n) is 2.18. The van der Waals surface area contributed by atoms with E-state index in [0.29, 0.717) is 0 Å². The summed E-state index contributed by atoms with van der Waals surface area (Å²) in [6, 6.07) is -1.22. The number of nitrogens with zero attached hydrogens (tertiary/aromatic N) is 2. The van der Waals surface area contributed by atoms with Gasteiger partial charge in [-0.25, -0.2) is 4.79 Å². The highest BCUT2D eigenvalue weighted by molar-refractivity contribution is 5.86. The summed E-state index contributed by atoms with van der Waals surface area (Å²) in [5.74, 6) is -4.25. The van der Waals surface area contributed by atoms with E-state index < -0.39 is 68.1 Å². The lowest BCUT2D eigenvalue weighted by molar-refractivity contribution is -0.204. The van der Waals surface area contributed by atoms with Crippen molar-refractivity contribution in [3.63, 3.8) is 0 Å². The molecule has 1 aliphatic rings. The van der Waals surface area contributed by atoms with Crippen molar-refractivity contribution in [3.8, 4) is 0 Å². The van der Waals surface area contributed by atoms with E-state index in [1.165, 1.54) is 5.48 Å². The van der Waals surface area contributed by atoms with Gasteiger partial charge in [-0.2, -0.15) is 18.7 Å². The Hall–Kier alpha value is -2.16. The highest BCUT2D eigenvalue weighted by atomic mass is 19.4. The second-order valence-corrected chi connectivity index (χ2v) is 5.54. The van der Waals surface area contributed by atoms with E-state index >= 15 is 0 Å². The van der Waals surface area contributed by atoms with Gasteiger partial charge < -0.3 is 35.1 Å². The number of hydrogen-bond acceptors (Lipinski definition) is 8. The van der Waals surface area contributed by atoms with Gasteiger partial charge in [-0.3, -0.25) is 10.2 Å². The average Bonchev–Trinajstić information content (AvgIpc) is 2.55. The molecule has 0 spiro atoms. The summed E-state index contributed by atoms with van der Waals surface area (Å²) in [6.07, 6.45) is -9.94. The zero-order valence-corrected chi connectivity index (χ0v) is 13.5. The average molecular weight is 388 g/mol. The van der Waals surface area contributed by atoms with Crippen molar-refractivity contribution in [1.29, 1.82) is 5.41 Å². The van der Waals surface area contributed by atoms with Crippen LogP contribution in [0.2, 0.25) is 0 Å². The number of rotatable bonds is 3. The van der Waals surface area contributed by atoms with Crippen LogP contribution in [0.4, 0.5) is 13.2 Å². The molecule has 150 valence electrons. The number of nitrogens with one attached hydrogen (secondary N) is 2. The molecular weight excluding hydrogens is 369 g/mol. The van der Waals surface area contributed by atoms with Gasteiger partial charge in [-0.1, -0.05) is 0 Å². The van der Waals surface area contributed by atoms with Crippen molar-refractivity contribution >= 4 is 17.8 Å². The number of hydrogen-bond donors (Lipinski definition) is 6. The van der Waals surface area contributed by atoms with Crippen molar-refractivity contribution in [2.45, 2.75) is 30.5 Å². The number of aliphatic hydroxyl groups excluding tert-OH is 4. The molecule has 26 heavy (non-hydrogen) atoms. The summed E-state index contributed by atoms with van der Waals surface area (Å²) in [4.78, 5) is 28.1. The maximum Gasteiger partial charge on any atom is 0.493 e. The van der Waals surface area contributed by atoms with Gasteiger partial charge in [0.05, 0.1) is 19.2 Å². The fourth-order valence-corrected chi connectivity index (χ4v) is 2.18. The molecule has 0 radical (unpaired) electrons. The fraction of sp³-hybridized carbons (Fsp3) is 0.750. The minimum Gasteiger partial charge on any atom is -0.394 e. The van der Waals surface area contributed by atoms with Gasteiger partial charge in [0.1, 0.15) is 18.3 Å². The SMILES string of the molecule is CN(CC(=O)N1C[C@H](O)[C@@H](O)[C@H](O)[C@H]1CO)C(=N)NOC(=O)C(F)(F)F. The predicted octanol–water partition coefficient (Wildman–Crippen LogP) is -3.25. The van der Waals surface area contributed by atoms with E-state index in [4.69, 9.17) is 5.41 Å². The van der Waals surface area contributed by atoms with E-state index in [-0.39, 0.29) is 0 Å². The lowest BCUT2D eigenvalue weighted by Crippen LogP contribution is -2.65. The number of carbonyl (C=O) groups excluding carboxylic acids is 2. The number of likely N-dealkylation sites (N-methyl/N-ethyl adjacent to an activating group) is 1. The van der Waals surface area contributed by atoms with Crippen LogP contribution in [-0.2, 0) is 14.4 Å². The summed E-state index contributed by atoms with van der Waals surface area (Å²) in [5.41, 5.74) is 1.43. The van der Waals surface area contributed by atoms with Gasteiger partial charge in [-0.05, 0) is 0 Å². The van der Waals surface area contributed by atoms with Crippen LogP contribution in [0, 0.1) is 5.41 Å². The number of likely N-dealkylation sites (tertiary alicyclic amines) is 1. The highest BCUT2D eigenvalue weighted by Gasteiger charge is 2.43. The van der Waals surface area contributed by atoms with E-state index in [1.807, 2.05) is 0 Å². The first kappa shape index (κ1) is 21.9. The maximum atomic E-state index is 12.2. The molecule has 0 aromatic heterocycles. The Morgan fingerprint density at radius 2 is 1.88 bits per heavy atom. The molecule has 14 heteroatoms. The minimum atomic E-state index is -5.27. The molecule has 11 nitrogen and oxygen atoms in total. The Balaban J connectivity index is 2.65. The maximum absolute atomic E-state index is 12.2. The zero-order valence-electron chi connectivity index (χ0n) is 13.5. The third kappa shape index (κ3) is 5.17. The number of piperidine rings is 1. The van der Waals surface area contributed by atoms with E-state index in [0.717, 1.165) is 16.8 Å². The molecule has 1 heterocycles. The number of carbonyl (C=O) groups is 2. The summed E-state index contributed by atoms with van der Waals surface area (Å²) in [5, 5.41) is 45.7. The quantitative estimate of drug-likeness (QED) is 0.165. The monoisotopic (exact) mass is 388 g/mol. The molecule has 1 rings (SSSR count). The number of guanidine groups is 1. The van der Waals surface area contributed by atoms with Crippen LogP contribution in [0.25, 0.3) is 0 Å². The van der Waals surface area contributed by atoms with Crippen molar-refractivity contribution in [1.82, 2.24) is 15.3 Å². The highest BCUT2D eigenvalue weighted by Crippen LogP contribution is 2.19. The number of β-amino-alcohol motifs (C(OH)–C–C–N with tert-alkyl or cyclic N) is 1. The van der Waals surface area contributed by atoms with Crippen LogP contribution in [0.5, 0.6) is 0 Å². The predicted molar refractivity (Wildman–Crippen MR) is 76.2 cm³/mol. The number of aliphatic hydroxyl groups is 4.